The highest BCUT2D eigenvalue weighted by Crippen LogP contribution is 2.37. The van der Waals surface area contributed by atoms with Crippen LogP contribution in [0.15, 0.2) is 41.2 Å². The number of hydrogen-bond donors (Lipinski definition) is 1. The van der Waals surface area contributed by atoms with Crippen LogP contribution in [0.5, 0.6) is 0 Å². The molecular formula is C22H23N5OS2. The van der Waals surface area contributed by atoms with Gasteiger partial charge in [0.05, 0.1) is 42.9 Å². The molecule has 1 aromatic carbocycles. The molecule has 0 amide bonds. The summed E-state index contributed by atoms with van der Waals surface area (Å²) in [5.74, 6) is 1.76. The molecule has 30 heavy (non-hydrogen) atoms. The molecule has 1 aliphatic heterocycles. The van der Waals surface area contributed by atoms with Crippen molar-refractivity contribution < 1.29 is 4.74 Å². The van der Waals surface area contributed by atoms with Gasteiger partial charge in [-0.15, -0.1) is 22.7 Å². The summed E-state index contributed by atoms with van der Waals surface area (Å²) in [6, 6.07) is 10.5. The van der Waals surface area contributed by atoms with Gasteiger partial charge in [-0.1, -0.05) is 30.3 Å². The van der Waals surface area contributed by atoms with Crippen LogP contribution in [0.2, 0.25) is 0 Å². The summed E-state index contributed by atoms with van der Waals surface area (Å²) < 4.78 is 5.48. The maximum absolute atomic E-state index is 5.48. The van der Waals surface area contributed by atoms with E-state index in [0.29, 0.717) is 6.54 Å². The highest BCUT2D eigenvalue weighted by molar-refractivity contribution is 7.17. The van der Waals surface area contributed by atoms with Gasteiger partial charge in [-0.25, -0.2) is 15.0 Å². The molecule has 0 saturated carbocycles. The van der Waals surface area contributed by atoms with E-state index in [2.05, 4.69) is 44.8 Å². The van der Waals surface area contributed by atoms with Crippen LogP contribution in [0.25, 0.3) is 21.3 Å². The average molecular weight is 438 g/mol. The number of fused-ring (bicyclic) bond motifs is 1. The molecule has 1 aliphatic rings. The molecule has 5 rings (SSSR count). The van der Waals surface area contributed by atoms with Gasteiger partial charge in [0.15, 0.2) is 0 Å². The number of anilines is 1. The van der Waals surface area contributed by atoms with Gasteiger partial charge in [0.25, 0.3) is 0 Å². The molecule has 0 bridgehead atoms. The average Bonchev–Trinajstić information content (AvgIpc) is 3.39. The molecule has 0 spiro atoms. The van der Waals surface area contributed by atoms with Gasteiger partial charge in [-0.3, -0.25) is 4.90 Å². The maximum Gasteiger partial charge on any atom is 0.146 e. The van der Waals surface area contributed by atoms with E-state index in [1.165, 1.54) is 16.0 Å². The summed E-state index contributed by atoms with van der Waals surface area (Å²) >= 11 is 3.35. The fourth-order valence-corrected chi connectivity index (χ4v) is 5.32. The Morgan fingerprint density at radius 2 is 1.93 bits per heavy atom. The van der Waals surface area contributed by atoms with E-state index in [1.54, 1.807) is 22.7 Å². The summed E-state index contributed by atoms with van der Waals surface area (Å²) in [4.78, 5) is 18.9. The highest BCUT2D eigenvalue weighted by atomic mass is 32.1. The van der Waals surface area contributed by atoms with Gasteiger partial charge in [-0.05, 0) is 12.5 Å². The van der Waals surface area contributed by atoms with Crippen molar-refractivity contribution in [2.24, 2.45) is 0 Å². The molecule has 3 aromatic heterocycles. The zero-order valence-corrected chi connectivity index (χ0v) is 18.4. The summed E-state index contributed by atoms with van der Waals surface area (Å²) in [7, 11) is 0. The first-order valence-corrected chi connectivity index (χ1v) is 11.8. The number of thiophene rings is 1. The van der Waals surface area contributed by atoms with Gasteiger partial charge in [-0.2, -0.15) is 0 Å². The third-order valence-electron chi connectivity index (χ3n) is 5.29. The lowest BCUT2D eigenvalue weighted by molar-refractivity contribution is 0.0331. The molecule has 4 aromatic rings. The second-order valence-electron chi connectivity index (χ2n) is 7.29. The van der Waals surface area contributed by atoms with Crippen molar-refractivity contribution in [1.82, 2.24) is 19.9 Å². The van der Waals surface area contributed by atoms with Crippen molar-refractivity contribution in [3.8, 4) is 11.1 Å². The van der Waals surface area contributed by atoms with Crippen LogP contribution < -0.4 is 5.32 Å². The number of thiazole rings is 1. The maximum atomic E-state index is 5.48. The number of morpholine rings is 1. The topological polar surface area (TPSA) is 63.2 Å². The zero-order chi connectivity index (χ0) is 20.3. The van der Waals surface area contributed by atoms with E-state index in [-0.39, 0.29) is 0 Å². The third-order valence-corrected chi connectivity index (χ3v) is 7.10. The summed E-state index contributed by atoms with van der Waals surface area (Å²) in [6.45, 7) is 6.89. The largest absolute Gasteiger partial charge is 0.379 e. The SMILES string of the molecule is Cc1ncsc1CNc1nc(CN2CCOCC2)nc2scc(-c3ccccc3)c12. The minimum Gasteiger partial charge on any atom is -0.379 e. The number of hydrogen-bond acceptors (Lipinski definition) is 8. The fraction of sp³-hybridized carbons (Fsp3) is 0.318. The van der Waals surface area contributed by atoms with Crippen LogP contribution in [-0.4, -0.2) is 46.2 Å². The van der Waals surface area contributed by atoms with E-state index in [4.69, 9.17) is 14.7 Å². The van der Waals surface area contributed by atoms with Crippen LogP contribution in [-0.2, 0) is 17.8 Å². The predicted molar refractivity (Wildman–Crippen MR) is 123 cm³/mol. The summed E-state index contributed by atoms with van der Waals surface area (Å²) in [5, 5.41) is 6.87. The van der Waals surface area contributed by atoms with E-state index >= 15 is 0 Å². The Bertz CT molecular complexity index is 1140. The number of aryl methyl sites for hydroxylation is 1. The summed E-state index contributed by atoms with van der Waals surface area (Å²) in [6.07, 6.45) is 0. The monoisotopic (exact) mass is 437 g/mol. The van der Waals surface area contributed by atoms with Crippen LogP contribution in [0.4, 0.5) is 5.82 Å². The molecule has 8 heteroatoms. The van der Waals surface area contributed by atoms with Crippen molar-refractivity contribution in [2.45, 2.75) is 20.0 Å². The quantitative estimate of drug-likeness (QED) is 0.477. The van der Waals surface area contributed by atoms with Crippen molar-refractivity contribution in [2.75, 3.05) is 31.6 Å². The summed E-state index contributed by atoms with van der Waals surface area (Å²) in [5.41, 5.74) is 5.33. The Morgan fingerprint density at radius 3 is 2.70 bits per heavy atom. The Kier molecular flexibility index (Phi) is 5.72. The van der Waals surface area contributed by atoms with E-state index in [9.17, 15) is 0 Å². The molecule has 6 nitrogen and oxygen atoms in total. The Morgan fingerprint density at radius 1 is 1.10 bits per heavy atom. The Labute approximate surface area is 183 Å². The molecule has 1 N–H and O–H groups in total. The first kappa shape index (κ1) is 19.6. The second-order valence-corrected chi connectivity index (χ2v) is 9.08. The first-order valence-electron chi connectivity index (χ1n) is 10.0. The number of aromatic nitrogens is 3. The van der Waals surface area contributed by atoms with Crippen LogP contribution in [0.3, 0.4) is 0 Å². The lowest BCUT2D eigenvalue weighted by atomic mass is 10.1. The molecule has 1 saturated heterocycles. The molecule has 0 aliphatic carbocycles. The molecule has 4 heterocycles. The zero-order valence-electron chi connectivity index (χ0n) is 16.8. The minimum absolute atomic E-state index is 0.712. The van der Waals surface area contributed by atoms with Gasteiger partial charge in [0.1, 0.15) is 16.5 Å². The Hall–Kier alpha value is -2.39. The minimum atomic E-state index is 0.712. The van der Waals surface area contributed by atoms with E-state index < -0.39 is 0 Å². The van der Waals surface area contributed by atoms with Crippen LogP contribution >= 0.6 is 22.7 Å². The lowest BCUT2D eigenvalue weighted by Gasteiger charge is -2.25. The van der Waals surface area contributed by atoms with Crippen molar-refractivity contribution in [3.63, 3.8) is 0 Å². The smallest absolute Gasteiger partial charge is 0.146 e. The highest BCUT2D eigenvalue weighted by Gasteiger charge is 2.18. The Balaban J connectivity index is 1.53. The van der Waals surface area contributed by atoms with Crippen molar-refractivity contribution >= 4 is 38.7 Å². The molecule has 0 atom stereocenters. The number of nitrogens with zero attached hydrogens (tertiary/aromatic N) is 4. The molecule has 0 radical (unpaired) electrons. The van der Waals surface area contributed by atoms with Crippen LogP contribution in [0, 0.1) is 6.92 Å². The third kappa shape index (κ3) is 4.09. The number of rotatable bonds is 6. The van der Waals surface area contributed by atoms with Gasteiger partial charge in [0, 0.05) is 28.9 Å². The second kappa shape index (κ2) is 8.77. The molecule has 0 unspecified atom stereocenters. The molecule has 1 fully saturated rings. The normalized spacial score (nSPS) is 15.0. The van der Waals surface area contributed by atoms with Gasteiger partial charge in [0.2, 0.25) is 0 Å². The predicted octanol–water partition coefficient (Wildman–Crippen LogP) is 4.57. The fourth-order valence-electron chi connectivity index (χ4n) is 3.63. The standard InChI is InChI=1S/C22H23N5OS2/c1-15-18(30-14-24-15)11-23-21-20-17(16-5-3-2-4-6-16)13-29-22(20)26-19(25-21)12-27-7-9-28-10-8-27/h2-6,13-14H,7-12H2,1H3,(H,23,25,26). The first-order chi connectivity index (χ1) is 14.8. The van der Waals surface area contributed by atoms with Crippen molar-refractivity contribution in [3.05, 3.63) is 57.6 Å². The lowest BCUT2D eigenvalue weighted by Crippen LogP contribution is -2.36. The molecular weight excluding hydrogens is 414 g/mol. The number of ether oxygens (including phenoxy) is 1. The van der Waals surface area contributed by atoms with Crippen molar-refractivity contribution in [1.29, 1.82) is 0 Å². The molecule has 154 valence electrons. The number of nitrogens with one attached hydrogen (secondary N) is 1. The van der Waals surface area contributed by atoms with E-state index in [1.807, 2.05) is 18.5 Å². The van der Waals surface area contributed by atoms with E-state index in [0.717, 1.165) is 60.4 Å². The van der Waals surface area contributed by atoms with Gasteiger partial charge < -0.3 is 10.1 Å². The number of benzene rings is 1. The van der Waals surface area contributed by atoms with Gasteiger partial charge >= 0.3 is 0 Å². The van der Waals surface area contributed by atoms with Crippen LogP contribution in [0.1, 0.15) is 16.4 Å².